The number of primary amides is 1. The number of hydrogen-bond donors (Lipinski definition) is 2. The van der Waals surface area contributed by atoms with Gasteiger partial charge in [-0.05, 0) is 87.2 Å². The minimum atomic E-state index is -0.560. The predicted octanol–water partition coefficient (Wildman–Crippen LogP) is 5.33. The normalized spacial score (nSPS) is 17.7. The van der Waals surface area contributed by atoms with E-state index in [4.69, 9.17) is 16.2 Å². The fourth-order valence-electron chi connectivity index (χ4n) is 5.48. The fourth-order valence-corrected chi connectivity index (χ4v) is 5.48. The summed E-state index contributed by atoms with van der Waals surface area (Å²) in [5.41, 5.74) is 18.5. The maximum Gasteiger partial charge on any atom is 0.252 e. The molecule has 1 aliphatic carbocycles. The van der Waals surface area contributed by atoms with E-state index in [0.717, 1.165) is 37.4 Å². The van der Waals surface area contributed by atoms with Crippen molar-refractivity contribution < 1.29 is 9.53 Å². The Kier molecular flexibility index (Phi) is 10.3. The van der Waals surface area contributed by atoms with Crippen molar-refractivity contribution in [3.63, 3.8) is 0 Å². The van der Waals surface area contributed by atoms with Gasteiger partial charge in [-0.1, -0.05) is 49.2 Å². The van der Waals surface area contributed by atoms with E-state index in [1.807, 2.05) is 12.1 Å². The van der Waals surface area contributed by atoms with Crippen LogP contribution in [0, 0.1) is 13.8 Å². The van der Waals surface area contributed by atoms with Gasteiger partial charge in [-0.2, -0.15) is 0 Å². The van der Waals surface area contributed by atoms with Crippen LogP contribution in [0.15, 0.2) is 54.7 Å². The minimum absolute atomic E-state index is 0.166. The molecule has 1 unspecified atom stereocenters. The van der Waals surface area contributed by atoms with Crippen LogP contribution < -0.4 is 11.5 Å². The first kappa shape index (κ1) is 29.7. The molecule has 214 valence electrons. The zero-order valence-corrected chi connectivity index (χ0v) is 24.5. The molecule has 1 atom stereocenters. The van der Waals surface area contributed by atoms with Gasteiger partial charge < -0.3 is 21.1 Å². The van der Waals surface area contributed by atoms with Crippen molar-refractivity contribution in [2.24, 2.45) is 5.73 Å². The lowest BCUT2D eigenvalue weighted by Crippen LogP contribution is -2.31. The van der Waals surface area contributed by atoms with Gasteiger partial charge in [0.25, 0.3) is 5.91 Å². The highest BCUT2D eigenvalue weighted by molar-refractivity contribution is 5.98. The topological polar surface area (TPSA) is 97.7 Å². The molecule has 2 aliphatic rings. The Morgan fingerprint density at radius 2 is 1.77 bits per heavy atom. The molecule has 0 bridgehead atoms. The van der Waals surface area contributed by atoms with Gasteiger partial charge in [0.15, 0.2) is 0 Å². The van der Waals surface area contributed by atoms with Crippen LogP contribution in [0.3, 0.4) is 0 Å². The summed E-state index contributed by atoms with van der Waals surface area (Å²) < 4.78 is 5.88. The van der Waals surface area contributed by atoms with E-state index in [1.54, 1.807) is 12.3 Å². The molecule has 5 rings (SSSR count). The van der Waals surface area contributed by atoms with Crippen LogP contribution in [-0.2, 0) is 17.9 Å². The lowest BCUT2D eigenvalue weighted by Gasteiger charge is -2.20. The van der Waals surface area contributed by atoms with Gasteiger partial charge in [0, 0.05) is 37.4 Å². The molecule has 1 saturated heterocycles. The third kappa shape index (κ3) is 8.13. The quantitative estimate of drug-likeness (QED) is 0.399. The Morgan fingerprint density at radius 1 is 1.00 bits per heavy atom. The first-order valence-electron chi connectivity index (χ1n) is 14.4. The number of carbonyl (C=O) groups is 1. The molecule has 40 heavy (non-hydrogen) atoms. The third-order valence-electron chi connectivity index (χ3n) is 8.19. The second kappa shape index (κ2) is 13.9. The first-order chi connectivity index (χ1) is 19.2. The van der Waals surface area contributed by atoms with Gasteiger partial charge >= 0.3 is 0 Å². The molecule has 2 aromatic carbocycles. The monoisotopic (exact) mass is 543 g/mol. The molecule has 1 aromatic heterocycles. The SMILES string of the molecule is CN(C)C1CCN(Cc2cccc(-c3cnc(N)c(C(N)=O)c3)c2)C1.Cc1ccc(COC2CCCC2)cc1C. The standard InChI is InChI=1S/C19H25N5O.C14H20O/c1-23(2)16-6-7-24(12-16)11-13-4-3-5-14(8-13)15-9-17(19(21)25)18(20)22-10-15;1-11-7-8-13(9-12(11)2)10-15-14-5-3-4-6-14/h3-5,8-10,16H,6-7,11-12H2,1-2H3,(H2,20,22)(H2,21,25);7-9,14H,3-6,10H2,1-2H3. The molecule has 1 saturated carbocycles. The molecular formula is C33H45N5O2. The number of nitrogen functional groups attached to an aromatic ring is 1. The van der Waals surface area contributed by atoms with E-state index in [2.05, 4.69) is 73.1 Å². The van der Waals surface area contributed by atoms with E-state index in [1.165, 1.54) is 54.4 Å². The lowest BCUT2D eigenvalue weighted by molar-refractivity contribution is 0.0456. The van der Waals surface area contributed by atoms with Crippen LogP contribution >= 0.6 is 0 Å². The van der Waals surface area contributed by atoms with E-state index in [-0.39, 0.29) is 11.4 Å². The number of aryl methyl sites for hydroxylation is 2. The smallest absolute Gasteiger partial charge is 0.252 e. The molecule has 0 spiro atoms. The van der Waals surface area contributed by atoms with Gasteiger partial charge in [-0.15, -0.1) is 0 Å². The summed E-state index contributed by atoms with van der Waals surface area (Å²) >= 11 is 0. The van der Waals surface area contributed by atoms with Crippen LogP contribution in [0.5, 0.6) is 0 Å². The third-order valence-corrected chi connectivity index (χ3v) is 8.19. The summed E-state index contributed by atoms with van der Waals surface area (Å²) in [6.45, 7) is 8.22. The van der Waals surface area contributed by atoms with Crippen molar-refractivity contribution >= 4 is 11.7 Å². The van der Waals surface area contributed by atoms with Crippen molar-refractivity contribution in [3.05, 3.63) is 82.5 Å². The number of benzene rings is 2. The molecule has 3 aromatic rings. The number of ether oxygens (including phenoxy) is 1. The largest absolute Gasteiger partial charge is 0.383 e. The Hall–Kier alpha value is -3.26. The van der Waals surface area contributed by atoms with Crippen molar-refractivity contribution in [2.45, 2.75) is 71.2 Å². The number of carbonyl (C=O) groups excluding carboxylic acids is 1. The highest BCUT2D eigenvalue weighted by Gasteiger charge is 2.23. The molecule has 1 aliphatic heterocycles. The Balaban J connectivity index is 0.000000210. The Bertz CT molecular complexity index is 1290. The van der Waals surface area contributed by atoms with Crippen LogP contribution in [0.25, 0.3) is 11.1 Å². The van der Waals surface area contributed by atoms with Gasteiger partial charge in [-0.3, -0.25) is 9.69 Å². The average molecular weight is 544 g/mol. The summed E-state index contributed by atoms with van der Waals surface area (Å²) in [5.74, 6) is -0.394. The van der Waals surface area contributed by atoms with E-state index in [9.17, 15) is 4.79 Å². The van der Waals surface area contributed by atoms with Crippen molar-refractivity contribution in [3.8, 4) is 11.1 Å². The average Bonchev–Trinajstić information content (AvgIpc) is 3.63. The van der Waals surface area contributed by atoms with E-state index < -0.39 is 5.91 Å². The van der Waals surface area contributed by atoms with Crippen LogP contribution in [0.2, 0.25) is 0 Å². The van der Waals surface area contributed by atoms with Crippen molar-refractivity contribution in [2.75, 3.05) is 32.9 Å². The molecular weight excluding hydrogens is 498 g/mol. The van der Waals surface area contributed by atoms with E-state index in [0.29, 0.717) is 12.1 Å². The maximum atomic E-state index is 11.5. The molecule has 0 radical (unpaired) electrons. The number of pyridine rings is 1. The summed E-state index contributed by atoms with van der Waals surface area (Å²) in [6.07, 6.45) is 8.60. The molecule has 1 amide bonds. The number of anilines is 1. The molecule has 4 N–H and O–H groups in total. The number of nitrogens with two attached hydrogens (primary N) is 2. The second-order valence-electron chi connectivity index (χ2n) is 11.5. The first-order valence-corrected chi connectivity index (χ1v) is 14.4. The van der Waals surface area contributed by atoms with Crippen LogP contribution in [0.4, 0.5) is 5.82 Å². The summed E-state index contributed by atoms with van der Waals surface area (Å²) in [7, 11) is 4.28. The number of hydrogen-bond acceptors (Lipinski definition) is 6. The maximum absolute atomic E-state index is 11.5. The zero-order chi connectivity index (χ0) is 28.6. The Labute approximate surface area is 239 Å². The Morgan fingerprint density at radius 3 is 2.45 bits per heavy atom. The van der Waals surface area contributed by atoms with Crippen molar-refractivity contribution in [1.29, 1.82) is 0 Å². The second-order valence-corrected chi connectivity index (χ2v) is 11.5. The highest BCUT2D eigenvalue weighted by atomic mass is 16.5. The summed E-state index contributed by atoms with van der Waals surface area (Å²) in [6, 6.07) is 17.3. The number of amides is 1. The minimum Gasteiger partial charge on any atom is -0.383 e. The van der Waals surface area contributed by atoms with Crippen LogP contribution in [0.1, 0.15) is 64.7 Å². The summed E-state index contributed by atoms with van der Waals surface area (Å²) in [4.78, 5) is 20.3. The highest BCUT2D eigenvalue weighted by Crippen LogP contribution is 2.25. The number of rotatable bonds is 8. The molecule has 2 fully saturated rings. The molecule has 7 heteroatoms. The fraction of sp³-hybridized carbons (Fsp3) is 0.455. The van der Waals surface area contributed by atoms with Crippen LogP contribution in [-0.4, -0.2) is 60.0 Å². The lowest BCUT2D eigenvalue weighted by atomic mass is 10.0. The number of likely N-dealkylation sites (N-methyl/N-ethyl adjacent to an activating group) is 1. The van der Waals surface area contributed by atoms with Gasteiger partial charge in [0.2, 0.25) is 0 Å². The summed E-state index contributed by atoms with van der Waals surface area (Å²) in [5, 5.41) is 0. The zero-order valence-electron chi connectivity index (χ0n) is 24.5. The van der Waals surface area contributed by atoms with Gasteiger partial charge in [0.1, 0.15) is 5.82 Å². The van der Waals surface area contributed by atoms with Gasteiger partial charge in [-0.25, -0.2) is 4.98 Å². The van der Waals surface area contributed by atoms with Gasteiger partial charge in [0.05, 0.1) is 18.3 Å². The molecule has 2 heterocycles. The number of aromatic nitrogens is 1. The number of likely N-dealkylation sites (tertiary alicyclic amines) is 1. The predicted molar refractivity (Wildman–Crippen MR) is 163 cm³/mol. The number of nitrogens with zero attached hydrogens (tertiary/aromatic N) is 3. The van der Waals surface area contributed by atoms with E-state index >= 15 is 0 Å². The van der Waals surface area contributed by atoms with Crippen molar-refractivity contribution in [1.82, 2.24) is 14.8 Å². The molecule has 7 nitrogen and oxygen atoms in total.